The molecule has 5 nitrogen and oxygen atoms in total. The van der Waals surface area contributed by atoms with E-state index in [1.807, 2.05) is 42.5 Å². The summed E-state index contributed by atoms with van der Waals surface area (Å²) >= 11 is 3.43. The summed E-state index contributed by atoms with van der Waals surface area (Å²) in [5.74, 6) is 0.293. The molecule has 0 atom stereocenters. The molecule has 1 amide bonds. The van der Waals surface area contributed by atoms with Crippen molar-refractivity contribution in [1.29, 1.82) is 0 Å². The summed E-state index contributed by atoms with van der Waals surface area (Å²) in [6.07, 6.45) is 2.47. The summed E-state index contributed by atoms with van der Waals surface area (Å²) < 4.78 is 0.957. The Kier molecular flexibility index (Phi) is 4.19. The number of rotatable bonds is 3. The Bertz CT molecular complexity index is 944. The lowest BCUT2D eigenvalue weighted by Crippen LogP contribution is -2.29. The maximum atomic E-state index is 12.9. The van der Waals surface area contributed by atoms with Gasteiger partial charge in [-0.2, -0.15) is 0 Å². The Balaban J connectivity index is 1.58. The molecule has 2 aromatic carbocycles. The van der Waals surface area contributed by atoms with E-state index in [2.05, 4.69) is 37.3 Å². The van der Waals surface area contributed by atoms with Crippen molar-refractivity contribution < 1.29 is 4.79 Å². The minimum Gasteiger partial charge on any atom is -0.324 e. The molecule has 1 aliphatic heterocycles. The Morgan fingerprint density at radius 1 is 1.12 bits per heavy atom. The highest BCUT2D eigenvalue weighted by molar-refractivity contribution is 9.10. The van der Waals surface area contributed by atoms with Crippen molar-refractivity contribution in [2.24, 2.45) is 0 Å². The molecule has 3 aromatic rings. The van der Waals surface area contributed by atoms with Crippen LogP contribution in [0.15, 0.2) is 65.3 Å². The van der Waals surface area contributed by atoms with E-state index in [-0.39, 0.29) is 5.91 Å². The molecule has 124 valence electrons. The van der Waals surface area contributed by atoms with Crippen LogP contribution in [-0.2, 0) is 6.42 Å². The van der Waals surface area contributed by atoms with Crippen LogP contribution in [0.5, 0.6) is 0 Å². The summed E-state index contributed by atoms with van der Waals surface area (Å²) in [7, 11) is 0. The van der Waals surface area contributed by atoms with E-state index in [9.17, 15) is 4.79 Å². The van der Waals surface area contributed by atoms with Gasteiger partial charge in [0.25, 0.3) is 5.91 Å². The van der Waals surface area contributed by atoms with Gasteiger partial charge in [0.1, 0.15) is 5.69 Å². The number of amides is 1. The highest BCUT2D eigenvalue weighted by Crippen LogP contribution is 2.28. The van der Waals surface area contributed by atoms with Crippen molar-refractivity contribution in [2.45, 2.75) is 6.42 Å². The monoisotopic (exact) mass is 394 g/mol. The molecule has 2 heterocycles. The number of hydrogen-bond donors (Lipinski definition) is 1. The van der Waals surface area contributed by atoms with E-state index in [4.69, 9.17) is 0 Å². The van der Waals surface area contributed by atoms with E-state index in [1.165, 1.54) is 5.56 Å². The number of nitrogens with one attached hydrogen (secondary N) is 1. The summed E-state index contributed by atoms with van der Waals surface area (Å²) in [4.78, 5) is 23.2. The topological polar surface area (TPSA) is 58.1 Å². The van der Waals surface area contributed by atoms with Crippen molar-refractivity contribution in [3.63, 3.8) is 0 Å². The molecule has 0 spiro atoms. The normalized spacial score (nSPS) is 12.8. The first-order chi connectivity index (χ1) is 12.2. The second kappa shape index (κ2) is 6.64. The number of benzene rings is 2. The molecule has 0 fully saturated rings. The molecule has 0 radical (unpaired) electrons. The highest BCUT2D eigenvalue weighted by Gasteiger charge is 2.26. The number of para-hydroxylation sites is 1. The molecule has 4 rings (SSSR count). The van der Waals surface area contributed by atoms with Crippen LogP contribution in [0.2, 0.25) is 0 Å². The van der Waals surface area contributed by atoms with Gasteiger partial charge in [-0.1, -0.05) is 40.2 Å². The molecule has 0 saturated heterocycles. The smallest absolute Gasteiger partial charge is 0.277 e. The molecule has 1 N–H and O–H groups in total. The van der Waals surface area contributed by atoms with Gasteiger partial charge in [0, 0.05) is 28.6 Å². The molecule has 1 aromatic heterocycles. The maximum absolute atomic E-state index is 12.9. The summed E-state index contributed by atoms with van der Waals surface area (Å²) in [6.45, 7) is 0.677. The van der Waals surface area contributed by atoms with Crippen LogP contribution in [0.4, 0.5) is 17.3 Å². The van der Waals surface area contributed by atoms with Crippen LogP contribution < -0.4 is 10.2 Å². The van der Waals surface area contributed by atoms with Crippen LogP contribution in [-0.4, -0.2) is 22.4 Å². The number of carbonyl (C=O) groups excluding carboxylic acids is 1. The fourth-order valence-corrected chi connectivity index (χ4v) is 3.32. The fourth-order valence-electron chi connectivity index (χ4n) is 2.92. The quantitative estimate of drug-likeness (QED) is 0.723. The first kappa shape index (κ1) is 15.8. The van der Waals surface area contributed by atoms with Crippen molar-refractivity contribution in [3.05, 3.63) is 76.5 Å². The summed E-state index contributed by atoms with van der Waals surface area (Å²) in [6, 6.07) is 17.3. The minimum absolute atomic E-state index is 0.107. The van der Waals surface area contributed by atoms with E-state index in [0.29, 0.717) is 18.2 Å². The number of halogens is 1. The second-order valence-electron chi connectivity index (χ2n) is 5.74. The van der Waals surface area contributed by atoms with Gasteiger partial charge in [-0.15, -0.1) is 0 Å². The van der Waals surface area contributed by atoms with Crippen molar-refractivity contribution in [1.82, 2.24) is 9.97 Å². The Morgan fingerprint density at radius 2 is 2.00 bits per heavy atom. The lowest BCUT2D eigenvalue weighted by atomic mass is 10.2. The number of fused-ring (bicyclic) bond motifs is 1. The Hall–Kier alpha value is -2.73. The summed E-state index contributed by atoms with van der Waals surface area (Å²) in [5.41, 5.74) is 3.39. The number of aromatic nitrogens is 2. The maximum Gasteiger partial charge on any atom is 0.277 e. The predicted octanol–water partition coefficient (Wildman–Crippen LogP) is 4.19. The van der Waals surface area contributed by atoms with E-state index >= 15 is 0 Å². The van der Waals surface area contributed by atoms with Crippen LogP contribution >= 0.6 is 15.9 Å². The van der Waals surface area contributed by atoms with Crippen molar-refractivity contribution in [3.8, 4) is 0 Å². The molecule has 0 saturated carbocycles. The number of anilines is 3. The standard InChI is InChI=1S/C19H15BrN4O/c20-14-5-3-6-15(12-14)22-19-21-10-8-16(23-19)18(25)24-11-9-13-4-1-2-7-17(13)24/h1-8,10,12H,9,11H2,(H,21,22,23). The van der Waals surface area contributed by atoms with Gasteiger partial charge in [-0.25, -0.2) is 9.97 Å². The van der Waals surface area contributed by atoms with E-state index in [1.54, 1.807) is 17.2 Å². The first-order valence-corrected chi connectivity index (χ1v) is 8.75. The molecule has 0 aliphatic carbocycles. The number of hydrogen-bond acceptors (Lipinski definition) is 4. The fraction of sp³-hybridized carbons (Fsp3) is 0.105. The second-order valence-corrected chi connectivity index (χ2v) is 6.65. The average molecular weight is 395 g/mol. The molecule has 25 heavy (non-hydrogen) atoms. The van der Waals surface area contributed by atoms with E-state index in [0.717, 1.165) is 22.3 Å². The SMILES string of the molecule is O=C(c1ccnc(Nc2cccc(Br)c2)n1)N1CCc2ccccc21. The third-order valence-electron chi connectivity index (χ3n) is 4.09. The number of carbonyl (C=O) groups is 1. The van der Waals surface area contributed by atoms with Gasteiger partial charge >= 0.3 is 0 Å². The summed E-state index contributed by atoms with van der Waals surface area (Å²) in [5, 5.41) is 3.13. The molecule has 0 bridgehead atoms. The van der Waals surface area contributed by atoms with Gasteiger partial charge in [-0.3, -0.25) is 4.79 Å². The Labute approximate surface area is 153 Å². The third kappa shape index (κ3) is 3.25. The third-order valence-corrected chi connectivity index (χ3v) is 4.58. The lowest BCUT2D eigenvalue weighted by molar-refractivity contribution is 0.0984. The largest absolute Gasteiger partial charge is 0.324 e. The average Bonchev–Trinajstić information content (AvgIpc) is 3.05. The van der Waals surface area contributed by atoms with Crippen LogP contribution in [0, 0.1) is 0 Å². The van der Waals surface area contributed by atoms with Gasteiger partial charge in [-0.05, 0) is 42.3 Å². The predicted molar refractivity (Wildman–Crippen MR) is 101 cm³/mol. The van der Waals surface area contributed by atoms with Crippen molar-refractivity contribution >= 4 is 39.2 Å². The minimum atomic E-state index is -0.107. The van der Waals surface area contributed by atoms with Gasteiger partial charge < -0.3 is 10.2 Å². The van der Waals surface area contributed by atoms with Gasteiger partial charge in [0.05, 0.1) is 0 Å². The first-order valence-electron chi connectivity index (χ1n) is 7.96. The zero-order chi connectivity index (χ0) is 17.2. The molecular weight excluding hydrogens is 380 g/mol. The molecular formula is C19H15BrN4O. The highest BCUT2D eigenvalue weighted by atomic mass is 79.9. The molecule has 6 heteroatoms. The van der Waals surface area contributed by atoms with Crippen LogP contribution in [0.3, 0.4) is 0 Å². The van der Waals surface area contributed by atoms with Crippen LogP contribution in [0.25, 0.3) is 0 Å². The van der Waals surface area contributed by atoms with Crippen LogP contribution in [0.1, 0.15) is 16.1 Å². The van der Waals surface area contributed by atoms with Gasteiger partial charge in [0.15, 0.2) is 0 Å². The zero-order valence-corrected chi connectivity index (χ0v) is 14.9. The zero-order valence-electron chi connectivity index (χ0n) is 13.3. The van der Waals surface area contributed by atoms with Gasteiger partial charge in [0.2, 0.25) is 5.95 Å². The Morgan fingerprint density at radius 3 is 2.88 bits per heavy atom. The van der Waals surface area contributed by atoms with Crippen molar-refractivity contribution in [2.75, 3.05) is 16.8 Å². The molecule has 1 aliphatic rings. The lowest BCUT2D eigenvalue weighted by Gasteiger charge is -2.17. The van der Waals surface area contributed by atoms with E-state index < -0.39 is 0 Å². The number of nitrogens with zero attached hydrogens (tertiary/aromatic N) is 3. The molecule has 0 unspecified atom stereocenters.